The lowest BCUT2D eigenvalue weighted by Gasteiger charge is -2.23. The predicted molar refractivity (Wildman–Crippen MR) is 85.5 cm³/mol. The fourth-order valence-corrected chi connectivity index (χ4v) is 3.41. The van der Waals surface area contributed by atoms with E-state index in [0.717, 1.165) is 46.9 Å². The molecule has 1 unspecified atom stereocenters. The highest BCUT2D eigenvalue weighted by atomic mass is 127. The Kier molecular flexibility index (Phi) is 4.66. The van der Waals surface area contributed by atoms with Gasteiger partial charge < -0.3 is 10.1 Å². The van der Waals surface area contributed by atoms with E-state index < -0.39 is 0 Å². The lowest BCUT2D eigenvalue weighted by Crippen LogP contribution is -2.21. The second kappa shape index (κ2) is 5.91. The Morgan fingerprint density at radius 1 is 1.37 bits per heavy atom. The molecule has 1 aliphatic heterocycles. The third kappa shape index (κ3) is 3.37. The number of nitrogens with one attached hydrogen (secondary N) is 1. The smallest absolute Gasteiger partial charge is 0.159 e. The molecule has 0 radical (unpaired) electrons. The van der Waals surface area contributed by atoms with Crippen molar-refractivity contribution in [3.63, 3.8) is 0 Å². The molecule has 2 heterocycles. The average Bonchev–Trinajstić information content (AvgIpc) is 2.84. The average molecular weight is 375 g/mol. The number of anilines is 1. The summed E-state index contributed by atoms with van der Waals surface area (Å²) in [6.45, 7) is 10.3. The van der Waals surface area contributed by atoms with Gasteiger partial charge in [0.05, 0.1) is 9.26 Å². The molecule has 1 saturated heterocycles. The maximum Gasteiger partial charge on any atom is 0.159 e. The van der Waals surface area contributed by atoms with Crippen LogP contribution in [0.2, 0.25) is 0 Å². The van der Waals surface area contributed by atoms with Crippen LogP contribution in [0, 0.1) is 3.57 Å². The Bertz CT molecular complexity index is 451. The van der Waals surface area contributed by atoms with Crippen LogP contribution >= 0.6 is 22.6 Å². The Morgan fingerprint density at radius 2 is 2.11 bits per heavy atom. The van der Waals surface area contributed by atoms with Crippen LogP contribution in [0.3, 0.4) is 0 Å². The zero-order valence-electron chi connectivity index (χ0n) is 12.1. The van der Waals surface area contributed by atoms with E-state index in [9.17, 15) is 0 Å². The second-order valence-electron chi connectivity index (χ2n) is 5.87. The van der Waals surface area contributed by atoms with Crippen LogP contribution in [-0.2, 0) is 10.2 Å². The lowest BCUT2D eigenvalue weighted by atomic mass is 9.91. The Morgan fingerprint density at radius 3 is 2.63 bits per heavy atom. The minimum absolute atomic E-state index is 0.0109. The van der Waals surface area contributed by atoms with Gasteiger partial charge in [0.1, 0.15) is 11.9 Å². The number of ether oxygens (including phenoxy) is 1. The van der Waals surface area contributed by atoms with Crippen LogP contribution < -0.4 is 5.32 Å². The van der Waals surface area contributed by atoms with Gasteiger partial charge in [-0.05, 0) is 42.4 Å². The molecule has 19 heavy (non-hydrogen) atoms. The molecule has 0 amide bonds. The summed E-state index contributed by atoms with van der Waals surface area (Å²) >= 11 is 2.34. The molecule has 1 N–H and O–H groups in total. The molecule has 1 aliphatic rings. The van der Waals surface area contributed by atoms with E-state index >= 15 is 0 Å². The standard InChI is InChI=1S/C14H22IN3O/c1-5-16-13-10(15)11(14(2,3)4)17-12(18-13)9-7-6-8-19-9/h9H,5-8H2,1-4H3,(H,16,17,18). The highest BCUT2D eigenvalue weighted by molar-refractivity contribution is 14.1. The summed E-state index contributed by atoms with van der Waals surface area (Å²) in [5.74, 6) is 1.77. The molecule has 1 aromatic rings. The van der Waals surface area contributed by atoms with E-state index in [1.807, 2.05) is 0 Å². The van der Waals surface area contributed by atoms with Crippen LogP contribution in [0.1, 0.15) is 58.2 Å². The predicted octanol–water partition coefficient (Wildman–Crippen LogP) is 3.66. The highest BCUT2D eigenvalue weighted by Crippen LogP contribution is 2.33. The van der Waals surface area contributed by atoms with Crippen LogP contribution in [0.4, 0.5) is 5.82 Å². The number of hydrogen-bond acceptors (Lipinski definition) is 4. The molecule has 0 spiro atoms. The van der Waals surface area contributed by atoms with Crippen molar-refractivity contribution >= 4 is 28.4 Å². The van der Waals surface area contributed by atoms with Crippen molar-refractivity contribution in [1.82, 2.24) is 9.97 Å². The van der Waals surface area contributed by atoms with Gasteiger partial charge in [0, 0.05) is 18.6 Å². The first-order valence-corrected chi connectivity index (χ1v) is 7.94. The summed E-state index contributed by atoms with van der Waals surface area (Å²) in [4.78, 5) is 9.45. The first-order valence-electron chi connectivity index (χ1n) is 6.87. The normalized spacial score (nSPS) is 19.7. The molecule has 1 fully saturated rings. The topological polar surface area (TPSA) is 47.0 Å². The summed E-state index contributed by atoms with van der Waals surface area (Å²) in [7, 11) is 0. The molecule has 5 heteroatoms. The van der Waals surface area contributed by atoms with Crippen LogP contribution in [0.15, 0.2) is 0 Å². The third-order valence-electron chi connectivity index (χ3n) is 3.14. The molecule has 0 bridgehead atoms. The fourth-order valence-electron chi connectivity index (χ4n) is 2.17. The van der Waals surface area contributed by atoms with Crippen LogP contribution in [-0.4, -0.2) is 23.1 Å². The van der Waals surface area contributed by atoms with Crippen LogP contribution in [0.5, 0.6) is 0 Å². The van der Waals surface area contributed by atoms with E-state index in [-0.39, 0.29) is 11.5 Å². The Labute approximate surface area is 128 Å². The number of aromatic nitrogens is 2. The number of hydrogen-bond donors (Lipinski definition) is 1. The van der Waals surface area contributed by atoms with E-state index in [0.29, 0.717) is 0 Å². The maximum absolute atomic E-state index is 5.72. The molecule has 1 aromatic heterocycles. The SMILES string of the molecule is CCNc1nc(C2CCCO2)nc(C(C)(C)C)c1I. The van der Waals surface area contributed by atoms with E-state index in [1.54, 1.807) is 0 Å². The van der Waals surface area contributed by atoms with E-state index in [2.05, 4.69) is 60.6 Å². The fraction of sp³-hybridized carbons (Fsp3) is 0.714. The van der Waals surface area contributed by atoms with E-state index in [4.69, 9.17) is 9.72 Å². The number of rotatable bonds is 3. The van der Waals surface area contributed by atoms with Gasteiger partial charge >= 0.3 is 0 Å². The minimum atomic E-state index is 0.0109. The maximum atomic E-state index is 5.72. The molecule has 106 valence electrons. The first-order chi connectivity index (χ1) is 8.93. The zero-order valence-corrected chi connectivity index (χ0v) is 14.2. The van der Waals surface area contributed by atoms with Crippen molar-refractivity contribution in [2.45, 2.75) is 52.1 Å². The third-order valence-corrected chi connectivity index (χ3v) is 4.16. The molecule has 2 rings (SSSR count). The highest BCUT2D eigenvalue weighted by Gasteiger charge is 2.27. The quantitative estimate of drug-likeness (QED) is 0.820. The second-order valence-corrected chi connectivity index (χ2v) is 6.95. The van der Waals surface area contributed by atoms with Gasteiger partial charge in [-0.3, -0.25) is 0 Å². The van der Waals surface area contributed by atoms with Gasteiger partial charge in [-0.25, -0.2) is 9.97 Å². The molecule has 4 nitrogen and oxygen atoms in total. The van der Waals surface area contributed by atoms with Crippen molar-refractivity contribution in [3.05, 3.63) is 15.1 Å². The Hall–Kier alpha value is -0.430. The van der Waals surface area contributed by atoms with Gasteiger partial charge in [0.25, 0.3) is 0 Å². The summed E-state index contributed by atoms with van der Waals surface area (Å²) in [6, 6.07) is 0. The molecule has 0 aromatic carbocycles. The van der Waals surface area contributed by atoms with Crippen molar-refractivity contribution in [3.8, 4) is 0 Å². The van der Waals surface area contributed by atoms with Gasteiger partial charge in [0.15, 0.2) is 5.82 Å². The summed E-state index contributed by atoms with van der Waals surface area (Å²) in [6.07, 6.45) is 2.19. The van der Waals surface area contributed by atoms with Crippen LogP contribution in [0.25, 0.3) is 0 Å². The molecule has 0 aliphatic carbocycles. The largest absolute Gasteiger partial charge is 0.370 e. The van der Waals surface area contributed by atoms with Crippen molar-refractivity contribution in [2.75, 3.05) is 18.5 Å². The Balaban J connectivity index is 2.47. The monoisotopic (exact) mass is 375 g/mol. The first kappa shape index (κ1) is 15.0. The van der Waals surface area contributed by atoms with Gasteiger partial charge in [-0.2, -0.15) is 0 Å². The van der Waals surface area contributed by atoms with Crippen molar-refractivity contribution in [2.24, 2.45) is 0 Å². The van der Waals surface area contributed by atoms with Gasteiger partial charge in [-0.1, -0.05) is 20.8 Å². The number of halogens is 1. The summed E-state index contributed by atoms with van der Waals surface area (Å²) in [5, 5.41) is 3.34. The zero-order chi connectivity index (χ0) is 14.0. The molecule has 1 atom stereocenters. The summed E-state index contributed by atoms with van der Waals surface area (Å²) < 4.78 is 6.84. The summed E-state index contributed by atoms with van der Waals surface area (Å²) in [5.41, 5.74) is 1.11. The lowest BCUT2D eigenvalue weighted by molar-refractivity contribution is 0.104. The molecular formula is C14H22IN3O. The molecular weight excluding hydrogens is 353 g/mol. The molecule has 0 saturated carbocycles. The van der Waals surface area contributed by atoms with E-state index in [1.165, 1.54) is 0 Å². The van der Waals surface area contributed by atoms with Gasteiger partial charge in [0.2, 0.25) is 0 Å². The number of nitrogens with zero attached hydrogens (tertiary/aromatic N) is 2. The minimum Gasteiger partial charge on any atom is -0.370 e. The van der Waals surface area contributed by atoms with Crippen molar-refractivity contribution < 1.29 is 4.74 Å². The van der Waals surface area contributed by atoms with Crippen molar-refractivity contribution in [1.29, 1.82) is 0 Å². The van der Waals surface area contributed by atoms with Gasteiger partial charge in [-0.15, -0.1) is 0 Å².